The predicted octanol–water partition coefficient (Wildman–Crippen LogP) is 13.4. The molecule has 0 fully saturated rings. The van der Waals surface area contributed by atoms with Gasteiger partial charge in [-0.2, -0.15) is 8.42 Å². The molecule has 0 saturated heterocycles. The highest BCUT2D eigenvalue weighted by molar-refractivity contribution is 7.86. The third-order valence-corrected chi connectivity index (χ3v) is 12.1. The normalized spacial score (nSPS) is 11.2. The minimum atomic E-state index is -3.82. The van der Waals surface area contributed by atoms with E-state index in [0.717, 1.165) is 70.4 Å². The smallest absolute Gasteiger partial charge is 0.297 e. The number of rotatable bonds is 21. The molecule has 0 amide bonds. The van der Waals surface area contributed by atoms with Crippen molar-refractivity contribution in [2.24, 2.45) is 0 Å². The van der Waals surface area contributed by atoms with Crippen LogP contribution in [0, 0.1) is 18.6 Å². The lowest BCUT2D eigenvalue weighted by atomic mass is 9.98. The van der Waals surface area contributed by atoms with E-state index >= 15 is 0 Å². The molecule has 0 aliphatic heterocycles. The van der Waals surface area contributed by atoms with Gasteiger partial charge in [0.05, 0.1) is 24.7 Å². The molecule has 0 unspecified atom stereocenters. The van der Waals surface area contributed by atoms with E-state index < -0.39 is 10.1 Å². The van der Waals surface area contributed by atoms with Crippen LogP contribution in [0.25, 0.3) is 44.5 Å². The zero-order valence-corrected chi connectivity index (χ0v) is 38.9. The molecule has 0 aromatic heterocycles. The largest absolute Gasteiger partial charge is 0.491 e. The fraction of sp³-hybridized carbons (Fsp3) is 0.250. The van der Waals surface area contributed by atoms with Gasteiger partial charge in [0.1, 0.15) is 43.0 Å². The molecule has 0 bridgehead atoms. The summed E-state index contributed by atoms with van der Waals surface area (Å²) >= 11 is 0. The zero-order chi connectivity index (χ0) is 46.7. The van der Waals surface area contributed by atoms with Gasteiger partial charge in [-0.25, -0.2) is 8.78 Å². The Morgan fingerprint density at radius 1 is 0.455 bits per heavy atom. The van der Waals surface area contributed by atoms with Crippen molar-refractivity contribution in [3.63, 3.8) is 0 Å². The van der Waals surface area contributed by atoms with E-state index in [4.69, 9.17) is 23.1 Å². The summed E-state index contributed by atoms with van der Waals surface area (Å²) < 4.78 is 80.8. The third-order valence-electron chi connectivity index (χ3n) is 10.7. The van der Waals surface area contributed by atoms with Gasteiger partial charge in [-0.15, -0.1) is 0 Å². The first-order valence-corrected chi connectivity index (χ1v) is 23.7. The molecule has 66 heavy (non-hydrogen) atoms. The summed E-state index contributed by atoms with van der Waals surface area (Å²) in [6.07, 6.45) is 4.24. The Morgan fingerprint density at radius 2 is 0.864 bits per heavy atom. The number of methoxy groups -OCH3 is 1. The number of ether oxygens (including phenoxy) is 4. The Labute approximate surface area is 389 Å². The van der Waals surface area contributed by atoms with Crippen molar-refractivity contribution in [3.05, 3.63) is 186 Å². The maximum atomic E-state index is 14.9. The highest BCUT2D eigenvalue weighted by Gasteiger charge is 2.15. The van der Waals surface area contributed by atoms with Crippen LogP contribution < -0.4 is 9.47 Å². The molecule has 344 valence electrons. The topological polar surface area (TPSA) is 80.3 Å². The van der Waals surface area contributed by atoms with Gasteiger partial charge in [-0.1, -0.05) is 141 Å². The molecule has 0 spiro atoms. The molecule has 7 aromatic rings. The molecule has 10 heteroatoms. The molecule has 0 heterocycles. The molecule has 7 nitrogen and oxygen atoms in total. The first-order valence-electron chi connectivity index (χ1n) is 22.3. The lowest BCUT2D eigenvalue weighted by Crippen LogP contribution is -2.13. The third kappa shape index (κ3) is 14.4. The Hall–Kier alpha value is -6.17. The molecular formula is C56H58F2O7S. The van der Waals surface area contributed by atoms with E-state index in [1.54, 1.807) is 43.5 Å². The first-order chi connectivity index (χ1) is 32.1. The Kier molecular flexibility index (Phi) is 18.6. The average Bonchev–Trinajstić information content (AvgIpc) is 3.33. The molecule has 0 radical (unpaired) electrons. The summed E-state index contributed by atoms with van der Waals surface area (Å²) in [6, 6.07) is 48.2. The maximum Gasteiger partial charge on any atom is 0.297 e. The minimum absolute atomic E-state index is 0.0742. The SMILES string of the molecule is CCCc1ccc(-c2ccc(-c3ccc(OCCOCCOC)cc3)cc2F)cc1.CCCc1ccc(-c2ccc(-c3ccc(OCCOS(=O)(=O)c4ccc(C)cc4)cc3)cc2F)cc1. The molecule has 0 saturated carbocycles. The second kappa shape index (κ2) is 24.9. The maximum absolute atomic E-state index is 14.9. The Bertz CT molecular complexity index is 2670. The second-order valence-corrected chi connectivity index (χ2v) is 17.3. The van der Waals surface area contributed by atoms with Crippen LogP contribution in [0.5, 0.6) is 11.5 Å². The number of hydrogen-bond acceptors (Lipinski definition) is 7. The average molecular weight is 913 g/mol. The van der Waals surface area contributed by atoms with Gasteiger partial charge < -0.3 is 18.9 Å². The first kappa shape index (κ1) is 49.3. The Morgan fingerprint density at radius 3 is 1.29 bits per heavy atom. The van der Waals surface area contributed by atoms with Crippen molar-refractivity contribution in [2.75, 3.05) is 46.8 Å². The van der Waals surface area contributed by atoms with Crippen molar-refractivity contribution in [3.8, 4) is 56.0 Å². The summed E-state index contributed by atoms with van der Waals surface area (Å²) in [6.45, 7) is 8.27. The molecule has 0 aliphatic rings. The molecular weight excluding hydrogens is 855 g/mol. The van der Waals surface area contributed by atoms with Gasteiger partial charge in [-0.05, 0) is 113 Å². The van der Waals surface area contributed by atoms with E-state index in [0.29, 0.717) is 43.3 Å². The van der Waals surface area contributed by atoms with E-state index in [1.807, 2.05) is 97.9 Å². The summed E-state index contributed by atoms with van der Waals surface area (Å²) in [5, 5.41) is 0. The van der Waals surface area contributed by atoms with Gasteiger partial charge in [0, 0.05) is 18.2 Å². The van der Waals surface area contributed by atoms with Crippen molar-refractivity contribution < 1.29 is 40.3 Å². The van der Waals surface area contributed by atoms with Crippen LogP contribution in [0.1, 0.15) is 43.4 Å². The van der Waals surface area contributed by atoms with Crippen molar-refractivity contribution in [1.82, 2.24) is 0 Å². The van der Waals surface area contributed by atoms with Gasteiger partial charge in [-0.3, -0.25) is 4.18 Å². The fourth-order valence-electron chi connectivity index (χ4n) is 7.16. The monoisotopic (exact) mass is 912 g/mol. The van der Waals surface area contributed by atoms with E-state index in [-0.39, 0.29) is 29.7 Å². The lowest BCUT2D eigenvalue weighted by Gasteiger charge is -2.10. The van der Waals surface area contributed by atoms with Crippen LogP contribution in [-0.4, -0.2) is 55.2 Å². The van der Waals surface area contributed by atoms with Crippen LogP contribution >= 0.6 is 0 Å². The van der Waals surface area contributed by atoms with Gasteiger partial charge in [0.25, 0.3) is 10.1 Å². The molecule has 0 atom stereocenters. The summed E-state index contributed by atoms with van der Waals surface area (Å²) in [7, 11) is -2.18. The van der Waals surface area contributed by atoms with E-state index in [9.17, 15) is 17.2 Å². The van der Waals surface area contributed by atoms with Crippen LogP contribution in [0.2, 0.25) is 0 Å². The van der Waals surface area contributed by atoms with Crippen LogP contribution in [0.3, 0.4) is 0 Å². The van der Waals surface area contributed by atoms with Crippen LogP contribution in [0.15, 0.2) is 163 Å². The number of halogens is 2. The molecule has 7 aromatic carbocycles. The number of aryl methyl sites for hydroxylation is 3. The summed E-state index contributed by atoms with van der Waals surface area (Å²) in [5.41, 5.74) is 9.85. The van der Waals surface area contributed by atoms with Crippen molar-refractivity contribution in [1.29, 1.82) is 0 Å². The minimum Gasteiger partial charge on any atom is -0.491 e. The highest BCUT2D eigenvalue weighted by Crippen LogP contribution is 2.31. The van der Waals surface area contributed by atoms with Crippen LogP contribution in [0.4, 0.5) is 8.78 Å². The quantitative estimate of drug-likeness (QED) is 0.0525. The van der Waals surface area contributed by atoms with E-state index in [2.05, 4.69) is 26.0 Å². The molecule has 7 rings (SSSR count). The summed E-state index contributed by atoms with van der Waals surface area (Å²) in [5.74, 6) is 0.838. The molecule has 0 N–H and O–H groups in total. The summed E-state index contributed by atoms with van der Waals surface area (Å²) in [4.78, 5) is 0.115. The van der Waals surface area contributed by atoms with Gasteiger partial charge in [0.15, 0.2) is 0 Å². The van der Waals surface area contributed by atoms with Gasteiger partial charge in [0.2, 0.25) is 0 Å². The van der Waals surface area contributed by atoms with E-state index in [1.165, 1.54) is 29.3 Å². The van der Waals surface area contributed by atoms with Crippen molar-refractivity contribution in [2.45, 2.75) is 51.3 Å². The number of hydrogen-bond donors (Lipinski definition) is 0. The fourth-order valence-corrected chi connectivity index (χ4v) is 8.06. The number of benzene rings is 7. The Balaban J connectivity index is 0.000000222. The molecule has 0 aliphatic carbocycles. The lowest BCUT2D eigenvalue weighted by molar-refractivity contribution is 0.0544. The standard InChI is InChI=1S/C30H29FO4S.C26H29FO3/c1-3-4-23-7-9-25(10-8-23)29-18-13-26(21-30(29)31)24-11-14-27(15-12-24)34-19-20-35-36(32,33)28-16-5-22(2)6-17-28;1-3-4-20-5-7-22(8-6-20)25-14-11-23(19-26(25)27)21-9-12-24(13-10-21)30-18-17-29-16-15-28-2/h5-18,21H,3-4,19-20H2,1-2H3;5-14,19H,3-4,15-18H2,1-2H3. The highest BCUT2D eigenvalue weighted by atomic mass is 32.2. The van der Waals surface area contributed by atoms with Crippen LogP contribution in [-0.2, 0) is 36.6 Å². The zero-order valence-electron chi connectivity index (χ0n) is 38.1. The van der Waals surface area contributed by atoms with Crippen molar-refractivity contribution >= 4 is 10.1 Å². The van der Waals surface area contributed by atoms with Gasteiger partial charge >= 0.3 is 0 Å². The second-order valence-electron chi connectivity index (χ2n) is 15.7. The predicted molar refractivity (Wildman–Crippen MR) is 261 cm³/mol.